The number of amides is 1. The number of hydrogen-bond donors (Lipinski definition) is 2. The summed E-state index contributed by atoms with van der Waals surface area (Å²) in [5, 5.41) is 3.09. The summed E-state index contributed by atoms with van der Waals surface area (Å²) in [6, 6.07) is 11.6. The minimum Gasteiger partial charge on any atom is -0.302 e. The van der Waals surface area contributed by atoms with Crippen LogP contribution in [0.15, 0.2) is 59.6 Å². The molecule has 0 aliphatic carbocycles. The van der Waals surface area contributed by atoms with Gasteiger partial charge in [0.1, 0.15) is 5.82 Å². The second-order valence-corrected chi connectivity index (χ2v) is 9.58. The maximum atomic E-state index is 13.4. The molecule has 158 valence electrons. The average molecular weight is 477 g/mol. The smallest absolute Gasteiger partial charge is 0.262 e. The molecule has 11 heteroatoms. The van der Waals surface area contributed by atoms with Crippen LogP contribution < -0.4 is 10.0 Å². The largest absolute Gasteiger partial charge is 0.302 e. The van der Waals surface area contributed by atoms with Crippen LogP contribution in [0.25, 0.3) is 21.3 Å². The van der Waals surface area contributed by atoms with Gasteiger partial charge < -0.3 is 5.32 Å². The molecule has 0 aliphatic heterocycles. The van der Waals surface area contributed by atoms with Crippen molar-refractivity contribution < 1.29 is 17.6 Å². The first kappa shape index (κ1) is 21.2. The number of rotatable bonds is 5. The zero-order valence-electron chi connectivity index (χ0n) is 15.9. The van der Waals surface area contributed by atoms with Crippen LogP contribution in [0.2, 0.25) is 5.15 Å². The Labute approximate surface area is 186 Å². The van der Waals surface area contributed by atoms with E-state index >= 15 is 0 Å². The number of benzene rings is 2. The van der Waals surface area contributed by atoms with Crippen LogP contribution >= 0.6 is 22.9 Å². The fourth-order valence-corrected chi connectivity index (χ4v) is 5.07. The number of carbonyl (C=O) groups excluding carboxylic acids is 1. The summed E-state index contributed by atoms with van der Waals surface area (Å²) in [4.78, 5) is 19.4. The molecule has 0 saturated carbocycles. The number of nitrogens with zero attached hydrogens (tertiary/aromatic N) is 2. The summed E-state index contributed by atoms with van der Waals surface area (Å²) < 4.78 is 41.9. The zero-order chi connectivity index (χ0) is 22.2. The Morgan fingerprint density at radius 3 is 2.68 bits per heavy atom. The third kappa shape index (κ3) is 4.66. The SMILES string of the molecule is CC(=O)Nc1nc2ccc(-c3cnc(Cl)c(NS(=O)(=O)c4cccc(F)c4)c3)cc2s1. The number of halogens is 2. The van der Waals surface area contributed by atoms with E-state index in [4.69, 9.17) is 11.6 Å². The van der Waals surface area contributed by atoms with Crippen molar-refractivity contribution >= 4 is 59.9 Å². The maximum Gasteiger partial charge on any atom is 0.262 e. The number of nitrogens with one attached hydrogen (secondary N) is 2. The Hall–Kier alpha value is -3.08. The van der Waals surface area contributed by atoms with Gasteiger partial charge in [-0.15, -0.1) is 0 Å². The van der Waals surface area contributed by atoms with E-state index < -0.39 is 15.8 Å². The predicted octanol–water partition coefficient (Wildman–Crippen LogP) is 4.91. The van der Waals surface area contributed by atoms with Gasteiger partial charge in [0.2, 0.25) is 5.91 Å². The first-order valence-corrected chi connectivity index (χ1v) is 11.5. The van der Waals surface area contributed by atoms with Gasteiger partial charge in [0.25, 0.3) is 10.0 Å². The van der Waals surface area contributed by atoms with Crippen LogP contribution in [0.1, 0.15) is 6.92 Å². The average Bonchev–Trinajstić information content (AvgIpc) is 3.10. The normalized spacial score (nSPS) is 11.5. The second-order valence-electron chi connectivity index (χ2n) is 6.51. The molecule has 1 amide bonds. The topological polar surface area (TPSA) is 101 Å². The highest BCUT2D eigenvalue weighted by Gasteiger charge is 2.18. The van der Waals surface area contributed by atoms with Crippen molar-refractivity contribution in [3.05, 3.63) is 65.7 Å². The number of aromatic nitrogens is 2. The van der Waals surface area contributed by atoms with E-state index in [-0.39, 0.29) is 21.6 Å². The summed E-state index contributed by atoms with van der Waals surface area (Å²) in [6.07, 6.45) is 1.51. The summed E-state index contributed by atoms with van der Waals surface area (Å²) in [6.45, 7) is 1.41. The lowest BCUT2D eigenvalue weighted by atomic mass is 10.1. The van der Waals surface area contributed by atoms with Gasteiger partial charge in [-0.05, 0) is 42.0 Å². The van der Waals surface area contributed by atoms with E-state index in [9.17, 15) is 17.6 Å². The molecule has 0 atom stereocenters. The molecule has 2 aromatic carbocycles. The molecule has 2 aromatic heterocycles. The van der Waals surface area contributed by atoms with E-state index in [1.54, 1.807) is 18.2 Å². The van der Waals surface area contributed by atoms with E-state index in [1.807, 2.05) is 6.07 Å². The molecule has 0 aliphatic rings. The number of pyridine rings is 1. The van der Waals surface area contributed by atoms with Gasteiger partial charge in [-0.1, -0.05) is 35.1 Å². The van der Waals surface area contributed by atoms with Gasteiger partial charge in [0.05, 0.1) is 20.8 Å². The Bertz CT molecular complexity index is 1420. The van der Waals surface area contributed by atoms with Crippen molar-refractivity contribution in [3.63, 3.8) is 0 Å². The third-order valence-electron chi connectivity index (χ3n) is 4.19. The van der Waals surface area contributed by atoms with Crippen LogP contribution in [0.4, 0.5) is 15.2 Å². The van der Waals surface area contributed by atoms with Gasteiger partial charge in [-0.3, -0.25) is 9.52 Å². The van der Waals surface area contributed by atoms with E-state index in [1.165, 1.54) is 36.6 Å². The summed E-state index contributed by atoms with van der Waals surface area (Å²) >= 11 is 7.41. The fourth-order valence-electron chi connectivity index (χ4n) is 2.82. The molecule has 31 heavy (non-hydrogen) atoms. The monoisotopic (exact) mass is 476 g/mol. The molecule has 4 aromatic rings. The Balaban J connectivity index is 1.68. The van der Waals surface area contributed by atoms with Crippen molar-refractivity contribution in [2.45, 2.75) is 11.8 Å². The first-order chi connectivity index (χ1) is 14.7. The number of fused-ring (bicyclic) bond motifs is 1. The van der Waals surface area contributed by atoms with Crippen LogP contribution in [0.5, 0.6) is 0 Å². The number of anilines is 2. The highest BCUT2D eigenvalue weighted by atomic mass is 35.5. The highest BCUT2D eigenvalue weighted by Crippen LogP contribution is 2.33. The van der Waals surface area contributed by atoms with Crippen molar-refractivity contribution in [2.24, 2.45) is 0 Å². The number of sulfonamides is 1. The molecular formula is C20H14ClFN4O3S2. The van der Waals surface area contributed by atoms with Crippen molar-refractivity contribution in [3.8, 4) is 11.1 Å². The van der Waals surface area contributed by atoms with Crippen LogP contribution in [0.3, 0.4) is 0 Å². The number of carbonyl (C=O) groups is 1. The van der Waals surface area contributed by atoms with E-state index in [0.717, 1.165) is 22.4 Å². The second kappa shape index (κ2) is 8.22. The summed E-state index contributed by atoms with van der Waals surface area (Å²) in [5.41, 5.74) is 2.14. The van der Waals surface area contributed by atoms with Crippen molar-refractivity contribution in [2.75, 3.05) is 10.0 Å². The molecule has 2 heterocycles. The Morgan fingerprint density at radius 2 is 1.94 bits per heavy atom. The molecular weight excluding hydrogens is 463 g/mol. The molecule has 2 N–H and O–H groups in total. The Morgan fingerprint density at radius 1 is 1.13 bits per heavy atom. The quantitative estimate of drug-likeness (QED) is 0.398. The van der Waals surface area contributed by atoms with Crippen molar-refractivity contribution in [1.82, 2.24) is 9.97 Å². The van der Waals surface area contributed by atoms with E-state index in [2.05, 4.69) is 20.0 Å². The molecule has 0 saturated heterocycles. The van der Waals surface area contributed by atoms with Gasteiger partial charge >= 0.3 is 0 Å². The lowest BCUT2D eigenvalue weighted by Crippen LogP contribution is -2.13. The standard InChI is InChI=1S/C20H14ClFN4O3S2/c1-11(27)24-20-25-16-6-5-12(8-18(16)30-20)13-7-17(19(21)23-10-13)26-31(28,29)15-4-2-3-14(22)9-15/h2-10,26H,1H3,(H,24,25,27). The fraction of sp³-hybridized carbons (Fsp3) is 0.0500. The maximum absolute atomic E-state index is 13.4. The molecule has 0 spiro atoms. The molecule has 4 rings (SSSR count). The molecule has 7 nitrogen and oxygen atoms in total. The summed E-state index contributed by atoms with van der Waals surface area (Å²) in [7, 11) is -4.06. The summed E-state index contributed by atoms with van der Waals surface area (Å²) in [5.74, 6) is -0.881. The van der Waals surface area contributed by atoms with E-state index in [0.29, 0.717) is 16.2 Å². The minimum atomic E-state index is -4.06. The van der Waals surface area contributed by atoms with Gasteiger partial charge in [0.15, 0.2) is 10.3 Å². The minimum absolute atomic E-state index is 0.0458. The first-order valence-electron chi connectivity index (χ1n) is 8.84. The molecule has 0 radical (unpaired) electrons. The number of thiazole rings is 1. The van der Waals surface area contributed by atoms with Gasteiger partial charge in [-0.2, -0.15) is 0 Å². The molecule has 0 fully saturated rings. The predicted molar refractivity (Wildman–Crippen MR) is 119 cm³/mol. The van der Waals surface area contributed by atoms with Crippen LogP contribution in [-0.4, -0.2) is 24.3 Å². The van der Waals surface area contributed by atoms with Crippen LogP contribution in [0, 0.1) is 5.82 Å². The van der Waals surface area contributed by atoms with Gasteiger partial charge in [0, 0.05) is 18.7 Å². The van der Waals surface area contributed by atoms with Crippen molar-refractivity contribution in [1.29, 1.82) is 0 Å². The lowest BCUT2D eigenvalue weighted by molar-refractivity contribution is -0.114. The third-order valence-corrected chi connectivity index (χ3v) is 6.79. The lowest BCUT2D eigenvalue weighted by Gasteiger charge is -2.11. The number of hydrogen-bond acceptors (Lipinski definition) is 6. The Kier molecular flexibility index (Phi) is 5.61. The zero-order valence-corrected chi connectivity index (χ0v) is 18.3. The van der Waals surface area contributed by atoms with Crippen LogP contribution in [-0.2, 0) is 14.8 Å². The highest BCUT2D eigenvalue weighted by molar-refractivity contribution is 7.92. The molecule has 0 bridgehead atoms. The van der Waals surface area contributed by atoms with Gasteiger partial charge in [-0.25, -0.2) is 22.8 Å². The molecule has 0 unspecified atom stereocenters.